The Bertz CT molecular complexity index is 542. The first-order valence-electron chi connectivity index (χ1n) is 6.67. The Kier molecular flexibility index (Phi) is 4.39. The minimum absolute atomic E-state index is 0.104. The Morgan fingerprint density at radius 1 is 1.37 bits per heavy atom. The molecular weight excluding hydrogens is 264 g/mol. The summed E-state index contributed by atoms with van der Waals surface area (Å²) in [5.41, 5.74) is 0.666. The number of aromatic nitrogens is 2. The molecule has 1 aliphatic rings. The number of nitrogens with zero attached hydrogens (tertiary/aromatic N) is 2. The Morgan fingerprint density at radius 2 is 2.05 bits per heavy atom. The number of sulfone groups is 1. The summed E-state index contributed by atoms with van der Waals surface area (Å²) in [5, 5.41) is 4.40. The number of carbonyl (C=O) groups is 1. The third kappa shape index (κ3) is 4.45. The molecule has 1 saturated carbocycles. The summed E-state index contributed by atoms with van der Waals surface area (Å²) >= 11 is 0. The molecule has 0 radical (unpaired) electrons. The van der Waals surface area contributed by atoms with Crippen molar-refractivity contribution in [3.05, 3.63) is 18.0 Å². The summed E-state index contributed by atoms with van der Waals surface area (Å²) in [4.78, 5) is 11.6. The van der Waals surface area contributed by atoms with E-state index in [4.69, 9.17) is 0 Å². The topological polar surface area (TPSA) is 69.0 Å². The zero-order valence-corrected chi connectivity index (χ0v) is 12.0. The maximum atomic E-state index is 11.6. The van der Waals surface area contributed by atoms with Crippen LogP contribution in [0.15, 0.2) is 12.3 Å². The van der Waals surface area contributed by atoms with Gasteiger partial charge in [-0.25, -0.2) is 8.42 Å². The first-order valence-corrected chi connectivity index (χ1v) is 8.73. The highest BCUT2D eigenvalue weighted by Gasteiger charge is 2.17. The van der Waals surface area contributed by atoms with Gasteiger partial charge in [0.1, 0.15) is 5.75 Å². The normalized spacial score (nSPS) is 17.5. The fraction of sp³-hybridized carbons (Fsp3) is 0.692. The van der Waals surface area contributed by atoms with E-state index in [-0.39, 0.29) is 12.2 Å². The van der Waals surface area contributed by atoms with Crippen LogP contribution in [0.4, 0.5) is 0 Å². The lowest BCUT2D eigenvalue weighted by Gasteiger charge is -2.21. The number of hydrogen-bond donors (Lipinski definition) is 0. The second kappa shape index (κ2) is 5.86. The lowest BCUT2D eigenvalue weighted by molar-refractivity contribution is -0.116. The van der Waals surface area contributed by atoms with Crippen LogP contribution in [0.2, 0.25) is 0 Å². The Balaban J connectivity index is 1.95. The number of carbonyl (C=O) groups excluding carboxylic acids is 1. The van der Waals surface area contributed by atoms with Gasteiger partial charge < -0.3 is 0 Å². The summed E-state index contributed by atoms with van der Waals surface area (Å²) in [6, 6.07) is 2.25. The van der Waals surface area contributed by atoms with Gasteiger partial charge in [-0.05, 0) is 18.9 Å². The van der Waals surface area contributed by atoms with Crippen molar-refractivity contribution in [1.82, 2.24) is 9.78 Å². The first-order chi connectivity index (χ1) is 8.94. The van der Waals surface area contributed by atoms with Gasteiger partial charge in [-0.2, -0.15) is 5.10 Å². The molecule has 1 aromatic rings. The van der Waals surface area contributed by atoms with Crippen molar-refractivity contribution in [1.29, 1.82) is 0 Å². The van der Waals surface area contributed by atoms with Crippen LogP contribution in [0.5, 0.6) is 0 Å². The van der Waals surface area contributed by atoms with Crippen molar-refractivity contribution in [3.8, 4) is 0 Å². The minimum Gasteiger partial charge on any atom is -0.298 e. The van der Waals surface area contributed by atoms with E-state index in [9.17, 15) is 13.2 Å². The maximum Gasteiger partial charge on any atom is 0.154 e. The third-order valence-electron chi connectivity index (χ3n) is 3.41. The molecule has 0 spiro atoms. The molecule has 0 atom stereocenters. The van der Waals surface area contributed by atoms with Crippen LogP contribution in [0.1, 0.15) is 43.8 Å². The molecule has 0 saturated heterocycles. The van der Waals surface area contributed by atoms with E-state index < -0.39 is 15.6 Å². The van der Waals surface area contributed by atoms with E-state index in [0.717, 1.165) is 19.1 Å². The molecule has 2 rings (SSSR count). The van der Waals surface area contributed by atoms with Gasteiger partial charge in [0.25, 0.3) is 0 Å². The molecule has 0 N–H and O–H groups in total. The summed E-state index contributed by atoms with van der Waals surface area (Å²) in [5.74, 6) is -0.695. The monoisotopic (exact) mass is 284 g/mol. The summed E-state index contributed by atoms with van der Waals surface area (Å²) in [6.45, 7) is 0. The largest absolute Gasteiger partial charge is 0.298 e. The van der Waals surface area contributed by atoms with Gasteiger partial charge in [0, 0.05) is 12.5 Å². The number of ketones is 1. The molecule has 106 valence electrons. The van der Waals surface area contributed by atoms with Gasteiger partial charge in [0.15, 0.2) is 15.6 Å². The van der Waals surface area contributed by atoms with Crippen LogP contribution in [0.25, 0.3) is 0 Å². The molecule has 0 aromatic carbocycles. The van der Waals surface area contributed by atoms with Crippen LogP contribution in [-0.2, 0) is 21.1 Å². The molecule has 19 heavy (non-hydrogen) atoms. The van der Waals surface area contributed by atoms with Gasteiger partial charge in [-0.15, -0.1) is 0 Å². The van der Waals surface area contributed by atoms with Gasteiger partial charge in [0.05, 0.1) is 18.2 Å². The number of hydrogen-bond acceptors (Lipinski definition) is 4. The fourth-order valence-corrected chi connectivity index (χ4v) is 3.25. The average molecular weight is 284 g/mol. The SMILES string of the molecule is CS(=O)(=O)CC(=O)Cc1ccn(C2CCCCC2)n1. The predicted octanol–water partition coefficient (Wildman–Crippen LogP) is 1.54. The molecule has 0 bridgehead atoms. The lowest BCUT2D eigenvalue weighted by Crippen LogP contribution is -2.17. The van der Waals surface area contributed by atoms with Crippen molar-refractivity contribution >= 4 is 15.6 Å². The van der Waals surface area contributed by atoms with E-state index in [1.54, 1.807) is 0 Å². The quantitative estimate of drug-likeness (QED) is 0.822. The van der Waals surface area contributed by atoms with Gasteiger partial charge in [-0.1, -0.05) is 19.3 Å². The molecule has 0 aliphatic heterocycles. The molecule has 0 unspecified atom stereocenters. The van der Waals surface area contributed by atoms with E-state index >= 15 is 0 Å². The molecule has 1 heterocycles. The van der Waals surface area contributed by atoms with Crippen molar-refractivity contribution in [2.75, 3.05) is 12.0 Å². The van der Waals surface area contributed by atoms with Crippen molar-refractivity contribution in [3.63, 3.8) is 0 Å². The highest BCUT2D eigenvalue weighted by molar-refractivity contribution is 7.91. The number of rotatable bonds is 5. The van der Waals surface area contributed by atoms with Crippen molar-refractivity contribution < 1.29 is 13.2 Å². The average Bonchev–Trinajstić information content (AvgIpc) is 2.76. The molecular formula is C13H20N2O3S. The van der Waals surface area contributed by atoms with E-state index in [2.05, 4.69) is 5.10 Å². The smallest absolute Gasteiger partial charge is 0.154 e. The Hall–Kier alpha value is -1.17. The molecule has 0 amide bonds. The minimum atomic E-state index is -3.24. The van der Waals surface area contributed by atoms with Crippen LogP contribution in [0.3, 0.4) is 0 Å². The first kappa shape index (κ1) is 14.2. The highest BCUT2D eigenvalue weighted by atomic mass is 32.2. The zero-order valence-electron chi connectivity index (χ0n) is 11.2. The fourth-order valence-electron chi connectivity index (χ4n) is 2.57. The predicted molar refractivity (Wildman–Crippen MR) is 72.8 cm³/mol. The Morgan fingerprint density at radius 3 is 2.68 bits per heavy atom. The second-order valence-electron chi connectivity index (χ2n) is 5.36. The van der Waals surface area contributed by atoms with Crippen LogP contribution < -0.4 is 0 Å². The summed E-state index contributed by atoms with van der Waals surface area (Å²) < 4.78 is 24.0. The van der Waals surface area contributed by atoms with Crippen LogP contribution in [0, 0.1) is 0 Å². The Labute approximate surface area is 113 Å². The van der Waals surface area contributed by atoms with E-state index in [0.29, 0.717) is 11.7 Å². The summed E-state index contributed by atoms with van der Waals surface area (Å²) in [6.07, 6.45) is 9.10. The van der Waals surface area contributed by atoms with Crippen molar-refractivity contribution in [2.45, 2.75) is 44.6 Å². The third-order valence-corrected chi connectivity index (χ3v) is 4.26. The molecule has 1 fully saturated rings. The standard InChI is InChI=1S/C13H20N2O3S/c1-19(17,18)10-13(16)9-11-7-8-15(14-11)12-5-3-2-4-6-12/h7-8,12H,2-6,9-10H2,1H3. The van der Waals surface area contributed by atoms with Crippen molar-refractivity contribution in [2.24, 2.45) is 0 Å². The molecule has 5 nitrogen and oxygen atoms in total. The van der Waals surface area contributed by atoms with E-state index in [1.165, 1.54) is 19.3 Å². The lowest BCUT2D eigenvalue weighted by atomic mass is 9.96. The van der Waals surface area contributed by atoms with Gasteiger partial charge in [-0.3, -0.25) is 9.48 Å². The van der Waals surface area contributed by atoms with Gasteiger partial charge >= 0.3 is 0 Å². The van der Waals surface area contributed by atoms with Gasteiger partial charge in [0.2, 0.25) is 0 Å². The van der Waals surface area contributed by atoms with Crippen LogP contribution >= 0.6 is 0 Å². The second-order valence-corrected chi connectivity index (χ2v) is 7.50. The molecule has 1 aromatic heterocycles. The molecule has 1 aliphatic carbocycles. The van der Waals surface area contributed by atoms with E-state index in [1.807, 2.05) is 16.9 Å². The summed E-state index contributed by atoms with van der Waals surface area (Å²) in [7, 11) is -3.24. The maximum absolute atomic E-state index is 11.6. The molecule has 6 heteroatoms. The zero-order chi connectivity index (χ0) is 13.9. The highest BCUT2D eigenvalue weighted by Crippen LogP contribution is 2.27. The van der Waals surface area contributed by atoms with Crippen LogP contribution in [-0.4, -0.2) is 36.0 Å². The number of Topliss-reactive ketones (excluding diaryl/α,β-unsaturated/α-hetero) is 1.